The van der Waals surface area contributed by atoms with Gasteiger partial charge in [-0.3, -0.25) is 4.90 Å². The molecule has 0 aromatic heterocycles. The minimum atomic E-state index is 0.844. The molecule has 0 heterocycles. The first-order valence-corrected chi connectivity index (χ1v) is 3.28. The van der Waals surface area contributed by atoms with Gasteiger partial charge in [0.05, 0.1) is 12.9 Å². The summed E-state index contributed by atoms with van der Waals surface area (Å²) < 4.78 is 0. The van der Waals surface area contributed by atoms with Gasteiger partial charge < -0.3 is 10.7 Å². The molecule has 0 aliphatic heterocycles. The Morgan fingerprint density at radius 2 is 2.00 bits per heavy atom. The van der Waals surface area contributed by atoms with Gasteiger partial charge >= 0.3 is 0 Å². The molecule has 0 atom stereocenters. The summed E-state index contributed by atoms with van der Waals surface area (Å²) in [5.74, 6) is 4.79. The molecule has 0 aromatic carbocycles. The van der Waals surface area contributed by atoms with Gasteiger partial charge in [0.2, 0.25) is 0 Å². The van der Waals surface area contributed by atoms with Crippen LogP contribution < -0.4 is 5.84 Å². The number of nitrogens with two attached hydrogens (primary N) is 1. The van der Waals surface area contributed by atoms with E-state index in [9.17, 15) is 0 Å². The van der Waals surface area contributed by atoms with E-state index < -0.39 is 0 Å². The Labute approximate surface area is 67.2 Å². The number of hydrogen-bond donors (Lipinski definition) is 1. The van der Waals surface area contributed by atoms with Crippen molar-refractivity contribution in [1.82, 2.24) is 9.80 Å². The molecule has 0 bridgehead atoms. The van der Waals surface area contributed by atoms with Gasteiger partial charge in [0.15, 0.2) is 0 Å². The zero-order valence-corrected chi connectivity index (χ0v) is 7.23. The van der Waals surface area contributed by atoms with Crippen LogP contribution >= 0.6 is 0 Å². The van der Waals surface area contributed by atoms with Gasteiger partial charge in [0.25, 0.3) is 0 Å². The Balaban J connectivity index is 3.59. The average Bonchev–Trinajstić information content (AvgIpc) is 1.86. The van der Waals surface area contributed by atoms with Crippen molar-refractivity contribution in [1.29, 1.82) is 0 Å². The molecule has 0 aromatic rings. The van der Waals surface area contributed by atoms with Crippen LogP contribution in [0.4, 0.5) is 0 Å². The molecule has 0 spiro atoms. The molecule has 64 valence electrons. The summed E-state index contributed by atoms with van der Waals surface area (Å²) in [6.45, 7) is 0.844. The first-order chi connectivity index (χ1) is 5.16. The van der Waals surface area contributed by atoms with Crippen molar-refractivity contribution >= 4 is 0 Å². The molecule has 5 heteroatoms. The van der Waals surface area contributed by atoms with Crippen molar-refractivity contribution in [3.8, 4) is 0 Å². The third-order valence-electron chi connectivity index (χ3n) is 0.960. The lowest BCUT2D eigenvalue weighted by Gasteiger charge is -2.18. The predicted molar refractivity (Wildman–Crippen MR) is 44.5 cm³/mol. The molecule has 0 amide bonds. The number of rotatable bonds is 4. The number of nitrogens with zero attached hydrogens (tertiary/aromatic N) is 4. The van der Waals surface area contributed by atoms with Crippen LogP contribution in [-0.2, 0) is 0 Å². The zero-order valence-electron chi connectivity index (χ0n) is 7.23. The van der Waals surface area contributed by atoms with E-state index in [1.54, 1.807) is 12.4 Å². The molecule has 0 unspecified atom stereocenters. The summed E-state index contributed by atoms with van der Waals surface area (Å²) in [4.78, 5) is 4.01. The predicted octanol–water partition coefficient (Wildman–Crippen LogP) is 0.234. The SMILES string of the molecule is CN(C)CN(C)/C=C\N=NN. The molecule has 0 fully saturated rings. The second-order valence-electron chi connectivity index (χ2n) is 2.51. The largest absolute Gasteiger partial charge is 0.366 e. The van der Waals surface area contributed by atoms with Crippen LogP contribution in [0.2, 0.25) is 0 Å². The standard InChI is InChI=1S/C6H15N5/c1-10(2)6-11(3)5-4-8-9-7/h4-5H,6H2,1-3H3,(H2,7,8)/b5-4-. The summed E-state index contributed by atoms with van der Waals surface area (Å²) in [6, 6.07) is 0. The maximum absolute atomic E-state index is 4.79. The molecular formula is C6H15N5. The minimum absolute atomic E-state index is 0.844. The van der Waals surface area contributed by atoms with E-state index in [1.807, 2.05) is 30.9 Å². The average molecular weight is 157 g/mol. The van der Waals surface area contributed by atoms with Gasteiger partial charge in [0.1, 0.15) is 0 Å². The van der Waals surface area contributed by atoms with Crippen LogP contribution in [0, 0.1) is 0 Å². The van der Waals surface area contributed by atoms with Crippen molar-refractivity contribution in [3.63, 3.8) is 0 Å². The smallest absolute Gasteiger partial charge is 0.0693 e. The summed E-state index contributed by atoms with van der Waals surface area (Å²) in [5.41, 5.74) is 0. The first kappa shape index (κ1) is 9.90. The van der Waals surface area contributed by atoms with Crippen LogP contribution in [0.1, 0.15) is 0 Å². The molecule has 0 rings (SSSR count). The van der Waals surface area contributed by atoms with Crippen LogP contribution in [0.3, 0.4) is 0 Å². The van der Waals surface area contributed by atoms with Crippen LogP contribution in [0.5, 0.6) is 0 Å². The Hall–Kier alpha value is -1.10. The minimum Gasteiger partial charge on any atom is -0.366 e. The van der Waals surface area contributed by atoms with E-state index >= 15 is 0 Å². The van der Waals surface area contributed by atoms with Crippen molar-refractivity contribution in [2.45, 2.75) is 0 Å². The molecule has 0 saturated carbocycles. The highest BCUT2D eigenvalue weighted by atomic mass is 15.3. The lowest BCUT2D eigenvalue weighted by molar-refractivity contribution is 0.267. The molecule has 0 radical (unpaired) electrons. The lowest BCUT2D eigenvalue weighted by Crippen LogP contribution is -2.25. The van der Waals surface area contributed by atoms with E-state index in [0.29, 0.717) is 0 Å². The summed E-state index contributed by atoms with van der Waals surface area (Å²) in [7, 11) is 5.94. The molecular weight excluding hydrogens is 142 g/mol. The van der Waals surface area contributed by atoms with Gasteiger partial charge in [-0.25, -0.2) is 0 Å². The highest BCUT2D eigenvalue weighted by molar-refractivity contribution is 4.76. The van der Waals surface area contributed by atoms with Gasteiger partial charge in [-0.1, -0.05) is 5.22 Å². The fourth-order valence-electron chi connectivity index (χ4n) is 0.675. The van der Waals surface area contributed by atoms with Gasteiger partial charge in [-0.2, -0.15) is 0 Å². The van der Waals surface area contributed by atoms with E-state index in [0.717, 1.165) is 6.67 Å². The van der Waals surface area contributed by atoms with Gasteiger partial charge in [0, 0.05) is 13.2 Å². The third-order valence-corrected chi connectivity index (χ3v) is 0.960. The van der Waals surface area contributed by atoms with Crippen molar-refractivity contribution < 1.29 is 0 Å². The lowest BCUT2D eigenvalue weighted by atomic mass is 10.7. The summed E-state index contributed by atoms with van der Waals surface area (Å²) in [5, 5.41) is 6.57. The molecule has 11 heavy (non-hydrogen) atoms. The number of hydrogen-bond acceptors (Lipinski definition) is 4. The topological polar surface area (TPSA) is 57.2 Å². The summed E-state index contributed by atoms with van der Waals surface area (Å²) >= 11 is 0. The van der Waals surface area contributed by atoms with Crippen molar-refractivity contribution in [3.05, 3.63) is 12.4 Å². The van der Waals surface area contributed by atoms with Gasteiger partial charge in [-0.15, -0.1) is 5.11 Å². The highest BCUT2D eigenvalue weighted by Crippen LogP contribution is 1.86. The van der Waals surface area contributed by atoms with Crippen molar-refractivity contribution in [2.75, 3.05) is 27.8 Å². The first-order valence-electron chi connectivity index (χ1n) is 3.28. The Morgan fingerprint density at radius 3 is 2.45 bits per heavy atom. The van der Waals surface area contributed by atoms with Crippen molar-refractivity contribution in [2.24, 2.45) is 16.2 Å². The quantitative estimate of drug-likeness (QED) is 0.275. The third kappa shape index (κ3) is 6.79. The van der Waals surface area contributed by atoms with E-state index in [1.165, 1.54) is 0 Å². The van der Waals surface area contributed by atoms with E-state index in [-0.39, 0.29) is 0 Å². The second-order valence-corrected chi connectivity index (χ2v) is 2.51. The van der Waals surface area contributed by atoms with Crippen LogP contribution in [0.25, 0.3) is 0 Å². The fourth-order valence-corrected chi connectivity index (χ4v) is 0.675. The van der Waals surface area contributed by atoms with E-state index in [4.69, 9.17) is 5.84 Å². The molecule has 0 saturated heterocycles. The normalized spacial score (nSPS) is 12.0. The molecule has 0 aliphatic carbocycles. The maximum atomic E-state index is 4.79. The molecule has 2 N–H and O–H groups in total. The second kappa shape index (κ2) is 5.67. The Kier molecular flexibility index (Phi) is 5.10. The van der Waals surface area contributed by atoms with Gasteiger partial charge in [-0.05, 0) is 14.1 Å². The highest BCUT2D eigenvalue weighted by Gasteiger charge is 1.90. The molecule has 5 nitrogen and oxygen atoms in total. The zero-order chi connectivity index (χ0) is 8.69. The van der Waals surface area contributed by atoms with Crippen LogP contribution in [-0.4, -0.2) is 37.6 Å². The monoisotopic (exact) mass is 157 g/mol. The Bertz CT molecular complexity index is 140. The van der Waals surface area contributed by atoms with E-state index in [2.05, 4.69) is 10.3 Å². The molecule has 0 aliphatic rings. The fraction of sp³-hybridized carbons (Fsp3) is 0.667. The maximum Gasteiger partial charge on any atom is 0.0693 e. The van der Waals surface area contributed by atoms with Crippen LogP contribution in [0.15, 0.2) is 22.7 Å². The summed E-state index contributed by atoms with van der Waals surface area (Å²) in [6.07, 6.45) is 3.35. The Morgan fingerprint density at radius 1 is 1.36 bits per heavy atom.